The van der Waals surface area contributed by atoms with Gasteiger partial charge in [-0.2, -0.15) is 0 Å². The molecule has 0 saturated carbocycles. The number of hydrogen-bond acceptors (Lipinski definition) is 4. The lowest BCUT2D eigenvalue weighted by molar-refractivity contribution is -0.132. The molecule has 0 spiro atoms. The van der Waals surface area contributed by atoms with Gasteiger partial charge >= 0.3 is 5.97 Å². The summed E-state index contributed by atoms with van der Waals surface area (Å²) in [5, 5.41) is 10.2. The highest BCUT2D eigenvalue weighted by atomic mass is 35.5. The number of unbranched alkanes of at least 4 members (excludes halogenated alkanes) is 3. The fourth-order valence-electron chi connectivity index (χ4n) is 2.26. The second-order valence-electron chi connectivity index (χ2n) is 5.46. The molecule has 0 unspecified atom stereocenters. The standard InChI is InChI=1S/C17H18Cl2N2O3S/c1-2-3-4-5-8-21-16(24)14(10-15(22)23)25-17(21)20-11-6-7-12(18)13(19)9-11/h6-7,9-10H,2-5,8H2,1H3,(H,22,23). The van der Waals surface area contributed by atoms with E-state index >= 15 is 0 Å². The monoisotopic (exact) mass is 400 g/mol. The van der Waals surface area contributed by atoms with Crippen LogP contribution in [-0.2, 0) is 9.59 Å². The van der Waals surface area contributed by atoms with Crippen LogP contribution in [0, 0.1) is 0 Å². The predicted octanol–water partition coefficient (Wildman–Crippen LogP) is 5.11. The van der Waals surface area contributed by atoms with Gasteiger partial charge in [-0.05, 0) is 36.4 Å². The average molecular weight is 401 g/mol. The minimum Gasteiger partial charge on any atom is -0.478 e. The molecular formula is C17H18Cl2N2O3S. The molecule has 1 fully saturated rings. The van der Waals surface area contributed by atoms with Crippen molar-refractivity contribution in [3.63, 3.8) is 0 Å². The first-order valence-electron chi connectivity index (χ1n) is 7.90. The lowest BCUT2D eigenvalue weighted by atomic mass is 10.2. The molecule has 1 aromatic rings. The molecule has 0 bridgehead atoms. The summed E-state index contributed by atoms with van der Waals surface area (Å²) < 4.78 is 0. The minimum absolute atomic E-state index is 0.154. The van der Waals surface area contributed by atoms with Crippen LogP contribution in [0.2, 0.25) is 10.0 Å². The van der Waals surface area contributed by atoms with Gasteiger partial charge in [0.25, 0.3) is 5.91 Å². The topological polar surface area (TPSA) is 70.0 Å². The summed E-state index contributed by atoms with van der Waals surface area (Å²) in [5.41, 5.74) is 0.555. The third kappa shape index (κ3) is 5.49. The zero-order chi connectivity index (χ0) is 18.4. The summed E-state index contributed by atoms with van der Waals surface area (Å²) in [6.07, 6.45) is 4.94. The van der Waals surface area contributed by atoms with E-state index in [2.05, 4.69) is 11.9 Å². The molecule has 2 rings (SSSR count). The number of carbonyl (C=O) groups excluding carboxylic acids is 1. The number of halogens is 2. The molecule has 1 amide bonds. The molecular weight excluding hydrogens is 383 g/mol. The van der Waals surface area contributed by atoms with Crippen LogP contribution in [0.25, 0.3) is 0 Å². The molecule has 1 aromatic carbocycles. The van der Waals surface area contributed by atoms with Gasteiger partial charge in [-0.15, -0.1) is 0 Å². The predicted molar refractivity (Wildman–Crippen MR) is 103 cm³/mol. The first-order valence-corrected chi connectivity index (χ1v) is 9.47. The van der Waals surface area contributed by atoms with Crippen molar-refractivity contribution in [2.75, 3.05) is 6.54 Å². The second kappa shape index (κ2) is 9.27. The smallest absolute Gasteiger partial charge is 0.329 e. The normalized spacial score (nSPS) is 17.7. The largest absolute Gasteiger partial charge is 0.478 e. The van der Waals surface area contributed by atoms with Crippen LogP contribution in [0.4, 0.5) is 5.69 Å². The number of carbonyl (C=O) groups is 2. The summed E-state index contributed by atoms with van der Waals surface area (Å²) in [6, 6.07) is 4.93. The van der Waals surface area contributed by atoms with Gasteiger partial charge in [0.15, 0.2) is 5.17 Å². The fourth-order valence-corrected chi connectivity index (χ4v) is 3.54. The average Bonchev–Trinajstić information content (AvgIpc) is 2.83. The van der Waals surface area contributed by atoms with Crippen molar-refractivity contribution in [1.82, 2.24) is 4.90 Å². The highest BCUT2D eigenvalue weighted by Gasteiger charge is 2.33. The maximum Gasteiger partial charge on any atom is 0.329 e. The highest BCUT2D eigenvalue weighted by molar-refractivity contribution is 8.18. The molecule has 1 N–H and O–H groups in total. The molecule has 25 heavy (non-hydrogen) atoms. The van der Waals surface area contributed by atoms with Crippen molar-refractivity contribution in [2.45, 2.75) is 32.6 Å². The molecule has 0 radical (unpaired) electrons. The molecule has 8 heteroatoms. The summed E-state index contributed by atoms with van der Waals surface area (Å²) in [6.45, 7) is 2.62. The maximum absolute atomic E-state index is 12.5. The lowest BCUT2D eigenvalue weighted by Crippen LogP contribution is -2.30. The Hall–Kier alpha value is -1.50. The van der Waals surface area contributed by atoms with Gasteiger partial charge in [0.1, 0.15) is 0 Å². The maximum atomic E-state index is 12.5. The van der Waals surface area contributed by atoms with Crippen LogP contribution in [0.1, 0.15) is 32.6 Å². The van der Waals surface area contributed by atoms with E-state index in [4.69, 9.17) is 28.3 Å². The van der Waals surface area contributed by atoms with Crippen molar-refractivity contribution in [3.05, 3.63) is 39.2 Å². The van der Waals surface area contributed by atoms with Crippen molar-refractivity contribution >= 4 is 57.7 Å². The number of nitrogens with zero attached hydrogens (tertiary/aromatic N) is 2. The van der Waals surface area contributed by atoms with Crippen molar-refractivity contribution in [3.8, 4) is 0 Å². The summed E-state index contributed by atoms with van der Waals surface area (Å²) in [4.78, 5) is 29.5. The van der Waals surface area contributed by atoms with Crippen LogP contribution in [0.15, 0.2) is 34.2 Å². The van der Waals surface area contributed by atoms with Crippen LogP contribution in [-0.4, -0.2) is 33.6 Å². The molecule has 0 atom stereocenters. The Labute approximate surface area is 160 Å². The van der Waals surface area contributed by atoms with Crippen LogP contribution in [0.3, 0.4) is 0 Å². The van der Waals surface area contributed by atoms with Gasteiger partial charge in [0.2, 0.25) is 0 Å². The summed E-state index contributed by atoms with van der Waals surface area (Å²) >= 11 is 13.0. The number of aliphatic imine (C=N–C) groups is 1. The number of carboxylic acids is 1. The number of hydrogen-bond donors (Lipinski definition) is 1. The number of aliphatic carboxylic acids is 1. The van der Waals surface area contributed by atoms with Gasteiger partial charge in [0.05, 0.1) is 20.6 Å². The number of amides is 1. The van der Waals surface area contributed by atoms with E-state index in [1.54, 1.807) is 18.2 Å². The zero-order valence-corrected chi connectivity index (χ0v) is 16.0. The van der Waals surface area contributed by atoms with Crippen molar-refractivity contribution < 1.29 is 14.7 Å². The third-order valence-electron chi connectivity index (χ3n) is 3.51. The third-order valence-corrected chi connectivity index (χ3v) is 5.25. The van der Waals surface area contributed by atoms with Crippen molar-refractivity contribution in [2.24, 2.45) is 4.99 Å². The van der Waals surface area contributed by atoms with Gasteiger partial charge in [-0.3, -0.25) is 9.69 Å². The number of thioether (sulfide) groups is 1. The van der Waals surface area contributed by atoms with Crippen LogP contribution in [0.5, 0.6) is 0 Å². The molecule has 5 nitrogen and oxygen atoms in total. The minimum atomic E-state index is -1.16. The number of amidine groups is 1. The van der Waals surface area contributed by atoms with Crippen molar-refractivity contribution in [1.29, 1.82) is 0 Å². The Balaban J connectivity index is 2.26. The van der Waals surface area contributed by atoms with E-state index < -0.39 is 5.97 Å². The van der Waals surface area contributed by atoms with Gasteiger partial charge in [0, 0.05) is 12.6 Å². The van der Waals surface area contributed by atoms with E-state index in [-0.39, 0.29) is 10.8 Å². The lowest BCUT2D eigenvalue weighted by Gasteiger charge is -2.15. The zero-order valence-electron chi connectivity index (χ0n) is 13.7. The van der Waals surface area contributed by atoms with E-state index in [9.17, 15) is 9.59 Å². The van der Waals surface area contributed by atoms with E-state index in [0.29, 0.717) is 27.4 Å². The SMILES string of the molecule is CCCCCCN1C(=O)C(=CC(=O)O)SC1=Nc1ccc(Cl)c(Cl)c1. The fraction of sp³-hybridized carbons (Fsp3) is 0.353. The molecule has 0 aromatic heterocycles. The highest BCUT2D eigenvalue weighted by Crippen LogP contribution is 2.34. The number of benzene rings is 1. The Bertz CT molecular complexity index is 735. The molecule has 1 saturated heterocycles. The van der Waals surface area contributed by atoms with E-state index in [1.807, 2.05) is 0 Å². The molecule has 0 aliphatic carbocycles. The van der Waals surface area contributed by atoms with Crippen LogP contribution < -0.4 is 0 Å². The Kier molecular flexibility index (Phi) is 7.35. The second-order valence-corrected chi connectivity index (χ2v) is 7.28. The van der Waals surface area contributed by atoms with Crippen LogP contribution >= 0.6 is 35.0 Å². The molecule has 1 aliphatic rings. The number of carboxylic acid groups (broad SMARTS) is 1. The molecule has 1 aliphatic heterocycles. The Morgan fingerprint density at radius 1 is 1.28 bits per heavy atom. The first-order chi connectivity index (χ1) is 11.9. The van der Waals surface area contributed by atoms with Gasteiger partial charge < -0.3 is 5.11 Å². The number of rotatable bonds is 7. The van der Waals surface area contributed by atoms with Gasteiger partial charge in [-0.1, -0.05) is 49.4 Å². The first kappa shape index (κ1) is 19.8. The quantitative estimate of drug-likeness (QED) is 0.510. The molecule has 1 heterocycles. The Morgan fingerprint density at radius 3 is 2.68 bits per heavy atom. The summed E-state index contributed by atoms with van der Waals surface area (Å²) in [5.74, 6) is -1.49. The Morgan fingerprint density at radius 2 is 2.04 bits per heavy atom. The molecule has 134 valence electrons. The van der Waals surface area contributed by atoms with Gasteiger partial charge in [-0.25, -0.2) is 9.79 Å². The van der Waals surface area contributed by atoms with E-state index in [1.165, 1.54) is 4.90 Å². The summed E-state index contributed by atoms with van der Waals surface area (Å²) in [7, 11) is 0. The van der Waals surface area contributed by atoms with E-state index in [0.717, 1.165) is 43.5 Å².